The Morgan fingerprint density at radius 1 is 0.344 bits per heavy atom. The molecule has 344 valence electrons. The molecule has 0 fully saturated rings. The molecule has 0 saturated carbocycles. The molecule has 3 rings (SSSR count). The van der Waals surface area contributed by atoms with Gasteiger partial charge in [-0.1, -0.05) is 257 Å². The van der Waals surface area contributed by atoms with Gasteiger partial charge in [0.2, 0.25) is 11.4 Å². The van der Waals surface area contributed by atoms with Crippen molar-refractivity contribution in [1.82, 2.24) is 0 Å². The van der Waals surface area contributed by atoms with Crippen molar-refractivity contribution in [1.29, 1.82) is 0 Å². The second-order valence-electron chi connectivity index (χ2n) is 19.4. The van der Waals surface area contributed by atoms with Crippen molar-refractivity contribution >= 4 is 11.4 Å². The second-order valence-corrected chi connectivity index (χ2v) is 19.4. The number of aryl methyl sites for hydroxylation is 2. The van der Waals surface area contributed by atoms with Crippen LogP contribution in [0.2, 0.25) is 0 Å². The molecular formula is C59H98N2. The third kappa shape index (κ3) is 23.1. The Hall–Kier alpha value is -2.48. The van der Waals surface area contributed by atoms with E-state index in [2.05, 4.69) is 76.2 Å². The molecular weight excluding hydrogens is 737 g/mol. The molecule has 0 amide bonds. The van der Waals surface area contributed by atoms with Gasteiger partial charge in [-0.25, -0.2) is 4.70 Å². The third-order valence-electron chi connectivity index (χ3n) is 13.9. The molecule has 0 aliphatic carbocycles. The molecule has 0 unspecified atom stereocenters. The molecule has 61 heavy (non-hydrogen) atoms. The molecule has 2 nitrogen and oxygen atoms in total. The van der Waals surface area contributed by atoms with Gasteiger partial charge in [0.15, 0.2) is 0 Å². The van der Waals surface area contributed by atoms with Gasteiger partial charge in [-0.3, -0.25) is 0 Å². The number of unbranched alkanes of at least 4 members (excludes halogenated alkanes) is 33. The van der Waals surface area contributed by atoms with Crippen LogP contribution < -0.4 is 0 Å². The summed E-state index contributed by atoms with van der Waals surface area (Å²) in [6.07, 6.45) is 53.6. The van der Waals surface area contributed by atoms with Crippen molar-refractivity contribution in [3.63, 3.8) is 0 Å². The average molecular weight is 835 g/mol. The predicted octanol–water partition coefficient (Wildman–Crippen LogP) is 20.5. The Bertz CT molecular complexity index is 1440. The topological polar surface area (TPSA) is 25.3 Å². The molecule has 0 radical (unpaired) electrons. The van der Waals surface area contributed by atoms with E-state index in [4.69, 9.17) is 0 Å². The fraction of sp³-hybridized carbons (Fsp3) is 0.729. The highest BCUT2D eigenvalue weighted by Gasteiger charge is 2.33. The molecule has 0 atom stereocenters. The minimum Gasteiger partial charge on any atom is -0.493 e. The first-order valence-corrected chi connectivity index (χ1v) is 27.2. The third-order valence-corrected chi connectivity index (χ3v) is 13.9. The van der Waals surface area contributed by atoms with Gasteiger partial charge in [-0.05, 0) is 80.8 Å². The molecule has 2 aromatic rings. The van der Waals surface area contributed by atoms with Crippen LogP contribution in [0, 0.1) is 0 Å². The van der Waals surface area contributed by atoms with Crippen molar-refractivity contribution in [3.8, 4) is 0 Å². The van der Waals surface area contributed by atoms with Crippen LogP contribution in [0.5, 0.6) is 0 Å². The SMILES string of the molecule is CCCCCCCCCCCCCCCCCCCCCCCCCCCCCc1cccc(C2=C(CCCCCCCC)C(C)=C(c3ccc(CCCCC)cc3)[N+]2=[N-])c1. The van der Waals surface area contributed by atoms with Gasteiger partial charge in [-0.2, -0.15) is 0 Å². The van der Waals surface area contributed by atoms with E-state index in [0.717, 1.165) is 41.8 Å². The minimum atomic E-state index is 0.965. The number of hydrogen-bond donors (Lipinski definition) is 0. The fourth-order valence-electron chi connectivity index (χ4n) is 9.85. The van der Waals surface area contributed by atoms with Crippen molar-refractivity contribution in [2.24, 2.45) is 0 Å². The summed E-state index contributed by atoms with van der Waals surface area (Å²) < 4.78 is 1.54. The van der Waals surface area contributed by atoms with Crippen molar-refractivity contribution in [3.05, 3.63) is 87.5 Å². The molecule has 0 spiro atoms. The van der Waals surface area contributed by atoms with Gasteiger partial charge in [0, 0.05) is 22.3 Å². The number of benzene rings is 2. The van der Waals surface area contributed by atoms with E-state index >= 15 is 0 Å². The van der Waals surface area contributed by atoms with Gasteiger partial charge in [0.25, 0.3) is 0 Å². The number of rotatable bonds is 41. The van der Waals surface area contributed by atoms with E-state index in [0.29, 0.717) is 0 Å². The van der Waals surface area contributed by atoms with Gasteiger partial charge < -0.3 is 5.53 Å². The molecule has 2 heteroatoms. The van der Waals surface area contributed by atoms with Crippen LogP contribution >= 0.6 is 0 Å². The second kappa shape index (κ2) is 35.9. The maximum absolute atomic E-state index is 11.9. The van der Waals surface area contributed by atoms with Crippen LogP contribution in [-0.4, -0.2) is 4.70 Å². The first-order chi connectivity index (χ1) is 30.1. The van der Waals surface area contributed by atoms with E-state index in [1.54, 1.807) is 0 Å². The summed E-state index contributed by atoms with van der Waals surface area (Å²) in [4.78, 5) is 0. The fourth-order valence-corrected chi connectivity index (χ4v) is 9.85. The van der Waals surface area contributed by atoms with Crippen molar-refractivity contribution in [2.75, 3.05) is 0 Å². The van der Waals surface area contributed by atoms with E-state index in [-0.39, 0.29) is 0 Å². The van der Waals surface area contributed by atoms with E-state index in [1.807, 2.05) is 0 Å². The summed E-state index contributed by atoms with van der Waals surface area (Å²) in [5.74, 6) is 0. The lowest BCUT2D eigenvalue weighted by Crippen LogP contribution is -2.03. The summed E-state index contributed by atoms with van der Waals surface area (Å²) in [7, 11) is 0. The highest BCUT2D eigenvalue weighted by molar-refractivity contribution is 5.81. The molecule has 0 saturated heterocycles. The van der Waals surface area contributed by atoms with Crippen LogP contribution in [-0.2, 0) is 12.8 Å². The van der Waals surface area contributed by atoms with Crippen LogP contribution in [0.4, 0.5) is 0 Å². The Labute approximate surface area is 380 Å². The van der Waals surface area contributed by atoms with E-state index in [9.17, 15) is 5.53 Å². The summed E-state index contributed by atoms with van der Waals surface area (Å²) in [5, 5.41) is 0. The molecule has 1 aliphatic heterocycles. The lowest BCUT2D eigenvalue weighted by molar-refractivity contribution is -0.345. The Morgan fingerprint density at radius 2 is 0.689 bits per heavy atom. The summed E-state index contributed by atoms with van der Waals surface area (Å²) in [6.45, 7) is 9.10. The smallest absolute Gasteiger partial charge is 0.211 e. The predicted molar refractivity (Wildman–Crippen MR) is 271 cm³/mol. The molecule has 0 aromatic heterocycles. The Balaban J connectivity index is 1.26. The monoisotopic (exact) mass is 835 g/mol. The highest BCUT2D eigenvalue weighted by atomic mass is 15.2. The Kier molecular flexibility index (Phi) is 31.1. The van der Waals surface area contributed by atoms with Gasteiger partial charge >= 0.3 is 0 Å². The zero-order valence-corrected chi connectivity index (χ0v) is 41.1. The number of nitrogens with zero attached hydrogens (tertiary/aromatic N) is 2. The maximum Gasteiger partial charge on any atom is 0.211 e. The van der Waals surface area contributed by atoms with Gasteiger partial charge in [0.05, 0.1) is 0 Å². The maximum atomic E-state index is 11.9. The summed E-state index contributed by atoms with van der Waals surface area (Å²) in [6, 6.07) is 18.1. The molecule has 0 bridgehead atoms. The van der Waals surface area contributed by atoms with Crippen molar-refractivity contribution in [2.45, 2.75) is 278 Å². The lowest BCUT2D eigenvalue weighted by atomic mass is 9.94. The van der Waals surface area contributed by atoms with E-state index < -0.39 is 0 Å². The van der Waals surface area contributed by atoms with Crippen LogP contribution in [0.25, 0.3) is 16.9 Å². The minimum absolute atomic E-state index is 0.965. The van der Waals surface area contributed by atoms with Crippen LogP contribution in [0.15, 0.2) is 59.7 Å². The van der Waals surface area contributed by atoms with Crippen molar-refractivity contribution < 1.29 is 4.70 Å². The standard InChI is InChI=1S/C59H98N2/c1-5-8-11-13-15-16-17-18-19-20-21-22-23-24-25-26-27-28-29-30-31-32-33-34-35-36-39-43-54-44-41-45-56(51-54)59-57(46-40-37-14-12-9-6-2)52(4)58(61(59)60)55-49-47-53(48-50-55)42-38-10-7-3/h41,44-45,47-51H,5-40,42-43,46H2,1-4H3. The first-order valence-electron chi connectivity index (χ1n) is 27.2. The normalized spacial score (nSPS) is 13.1. The largest absolute Gasteiger partial charge is 0.493 e. The summed E-state index contributed by atoms with van der Waals surface area (Å²) >= 11 is 0. The first kappa shape index (κ1) is 52.9. The molecule has 2 aromatic carbocycles. The van der Waals surface area contributed by atoms with E-state index in [1.165, 1.54) is 258 Å². The average Bonchev–Trinajstić information content (AvgIpc) is 3.52. The lowest BCUT2D eigenvalue weighted by Gasteiger charge is -2.11. The van der Waals surface area contributed by atoms with Gasteiger partial charge in [-0.15, -0.1) is 0 Å². The molecule has 0 N–H and O–H groups in total. The highest BCUT2D eigenvalue weighted by Crippen LogP contribution is 2.42. The number of allylic oxidation sites excluding steroid dienone is 2. The van der Waals surface area contributed by atoms with Crippen LogP contribution in [0.1, 0.15) is 288 Å². The quantitative estimate of drug-likeness (QED) is 0.0471. The number of hydrogen-bond acceptors (Lipinski definition) is 0. The van der Waals surface area contributed by atoms with Gasteiger partial charge in [0.1, 0.15) is 0 Å². The molecule has 1 aliphatic rings. The molecule has 1 heterocycles. The zero-order valence-electron chi connectivity index (χ0n) is 41.1. The van der Waals surface area contributed by atoms with Crippen LogP contribution in [0.3, 0.4) is 0 Å². The Morgan fingerprint density at radius 3 is 1.11 bits per heavy atom. The summed E-state index contributed by atoms with van der Waals surface area (Å²) in [5.41, 5.74) is 21.5. The zero-order chi connectivity index (χ0) is 43.4.